The molecule has 0 atom stereocenters. The summed E-state index contributed by atoms with van der Waals surface area (Å²) in [5.74, 6) is 0.949. The molecule has 0 N–H and O–H groups in total. The van der Waals surface area contributed by atoms with Crippen LogP contribution in [0.3, 0.4) is 0 Å². The summed E-state index contributed by atoms with van der Waals surface area (Å²) < 4.78 is 0. The lowest BCUT2D eigenvalue weighted by Crippen LogP contribution is -2.11. The molecular weight excluding hydrogens is 268 g/mol. The van der Waals surface area contributed by atoms with E-state index in [9.17, 15) is 0 Å². The van der Waals surface area contributed by atoms with Crippen molar-refractivity contribution in [2.45, 2.75) is 32.6 Å². The quantitative estimate of drug-likeness (QED) is 0.747. The topological polar surface area (TPSA) is 16.1 Å². The Morgan fingerprint density at radius 1 is 0.909 bits per heavy atom. The first-order chi connectivity index (χ1) is 10.5. The molecule has 0 bridgehead atoms. The van der Waals surface area contributed by atoms with E-state index in [0.717, 1.165) is 12.2 Å². The fourth-order valence-electron chi connectivity index (χ4n) is 2.53. The summed E-state index contributed by atoms with van der Waals surface area (Å²) in [5.41, 5.74) is 3.96. The van der Waals surface area contributed by atoms with E-state index in [1.165, 1.54) is 16.7 Å². The Kier molecular flexibility index (Phi) is 3.84. The van der Waals surface area contributed by atoms with Crippen molar-refractivity contribution in [3.63, 3.8) is 0 Å². The number of pyridine rings is 1. The van der Waals surface area contributed by atoms with Crippen LogP contribution in [0.15, 0.2) is 67.1 Å². The molecule has 22 heavy (non-hydrogen) atoms. The second-order valence-electron chi connectivity index (χ2n) is 6.64. The second-order valence-corrected chi connectivity index (χ2v) is 6.64. The molecule has 2 heterocycles. The first kappa shape index (κ1) is 14.6. The largest absolute Gasteiger partial charge is 0.309 e. The fraction of sp³-hybridized carbons (Fsp3) is 0.250. The molecule has 0 spiro atoms. The lowest BCUT2D eigenvalue weighted by atomic mass is 9.86. The Morgan fingerprint density at radius 3 is 2.23 bits per heavy atom. The normalized spacial score (nSPS) is 14.4. The number of rotatable bonds is 2. The van der Waals surface area contributed by atoms with Gasteiger partial charge in [-0.3, -0.25) is 0 Å². The maximum absolute atomic E-state index is 4.47. The lowest BCUT2D eigenvalue weighted by molar-refractivity contribution is 0.590. The SMILES string of the molecule is CC(C)(C)c1ccc(-c2ccnc(N3C=CCC=C3)c2)cc1. The monoisotopic (exact) mass is 290 g/mol. The maximum atomic E-state index is 4.47. The van der Waals surface area contributed by atoms with E-state index in [1.807, 2.05) is 6.20 Å². The molecule has 2 heteroatoms. The zero-order valence-corrected chi connectivity index (χ0v) is 13.5. The van der Waals surface area contributed by atoms with Crippen molar-refractivity contribution in [1.29, 1.82) is 0 Å². The number of anilines is 1. The van der Waals surface area contributed by atoms with Gasteiger partial charge in [0.15, 0.2) is 0 Å². The smallest absolute Gasteiger partial charge is 0.137 e. The average molecular weight is 290 g/mol. The van der Waals surface area contributed by atoms with Gasteiger partial charge in [-0.25, -0.2) is 4.98 Å². The minimum Gasteiger partial charge on any atom is -0.309 e. The van der Waals surface area contributed by atoms with Gasteiger partial charge in [0, 0.05) is 18.6 Å². The van der Waals surface area contributed by atoms with E-state index in [-0.39, 0.29) is 5.41 Å². The van der Waals surface area contributed by atoms with E-state index >= 15 is 0 Å². The molecule has 3 rings (SSSR count). The standard InChI is InChI=1S/C20H22N2/c1-20(2,3)18-9-7-16(8-10-18)17-11-12-21-19(15-17)22-13-5-4-6-14-22/h5-15H,4H2,1-3H3. The summed E-state index contributed by atoms with van der Waals surface area (Å²) in [6, 6.07) is 13.0. The van der Waals surface area contributed by atoms with Crippen molar-refractivity contribution in [1.82, 2.24) is 4.98 Å². The van der Waals surface area contributed by atoms with Gasteiger partial charge in [0.05, 0.1) is 0 Å². The molecule has 0 saturated heterocycles. The van der Waals surface area contributed by atoms with E-state index in [4.69, 9.17) is 0 Å². The van der Waals surface area contributed by atoms with Crippen molar-refractivity contribution >= 4 is 5.82 Å². The number of nitrogens with zero attached hydrogens (tertiary/aromatic N) is 2. The minimum absolute atomic E-state index is 0.186. The summed E-state index contributed by atoms with van der Waals surface area (Å²) in [6.45, 7) is 6.71. The highest BCUT2D eigenvalue weighted by molar-refractivity contribution is 5.68. The molecule has 112 valence electrons. The van der Waals surface area contributed by atoms with Gasteiger partial charge in [0.2, 0.25) is 0 Å². The molecule has 1 aliphatic heterocycles. The van der Waals surface area contributed by atoms with Crippen molar-refractivity contribution < 1.29 is 0 Å². The number of aromatic nitrogens is 1. The number of hydrogen-bond acceptors (Lipinski definition) is 2. The molecule has 0 radical (unpaired) electrons. The van der Waals surface area contributed by atoms with Gasteiger partial charge in [0.25, 0.3) is 0 Å². The maximum Gasteiger partial charge on any atom is 0.137 e. The Bertz CT molecular complexity index is 691. The summed E-state index contributed by atoms with van der Waals surface area (Å²) in [7, 11) is 0. The Labute approximate surface area is 132 Å². The van der Waals surface area contributed by atoms with Crippen LogP contribution in [-0.4, -0.2) is 4.98 Å². The van der Waals surface area contributed by atoms with Gasteiger partial charge in [-0.15, -0.1) is 0 Å². The van der Waals surface area contributed by atoms with Crippen LogP contribution in [0.25, 0.3) is 11.1 Å². The molecule has 1 aromatic heterocycles. The third-order valence-corrected chi connectivity index (χ3v) is 3.90. The molecule has 0 unspecified atom stereocenters. The highest BCUT2D eigenvalue weighted by Gasteiger charge is 2.13. The lowest BCUT2D eigenvalue weighted by Gasteiger charge is -2.20. The number of benzene rings is 1. The molecule has 2 nitrogen and oxygen atoms in total. The summed E-state index contributed by atoms with van der Waals surface area (Å²) in [4.78, 5) is 6.52. The van der Waals surface area contributed by atoms with E-state index in [1.54, 1.807) is 0 Å². The predicted molar refractivity (Wildman–Crippen MR) is 93.7 cm³/mol. The highest BCUT2D eigenvalue weighted by Crippen LogP contribution is 2.28. The highest BCUT2D eigenvalue weighted by atomic mass is 15.2. The van der Waals surface area contributed by atoms with Gasteiger partial charge in [-0.05, 0) is 40.7 Å². The van der Waals surface area contributed by atoms with E-state index < -0.39 is 0 Å². The third kappa shape index (κ3) is 3.11. The molecular formula is C20H22N2. The zero-order valence-electron chi connectivity index (χ0n) is 13.5. The Hall–Kier alpha value is -2.35. The van der Waals surface area contributed by atoms with Crippen LogP contribution < -0.4 is 4.90 Å². The molecule has 1 aliphatic rings. The van der Waals surface area contributed by atoms with E-state index in [0.29, 0.717) is 0 Å². The first-order valence-corrected chi connectivity index (χ1v) is 7.73. The van der Waals surface area contributed by atoms with Crippen molar-refractivity contribution in [3.05, 3.63) is 72.7 Å². The Balaban J connectivity index is 1.90. The Morgan fingerprint density at radius 2 is 1.59 bits per heavy atom. The van der Waals surface area contributed by atoms with Crippen LogP contribution in [0.4, 0.5) is 5.82 Å². The third-order valence-electron chi connectivity index (χ3n) is 3.90. The van der Waals surface area contributed by atoms with Crippen LogP contribution in [-0.2, 0) is 5.41 Å². The molecule has 0 amide bonds. The molecule has 1 aromatic carbocycles. The van der Waals surface area contributed by atoms with Crippen molar-refractivity contribution in [2.24, 2.45) is 0 Å². The van der Waals surface area contributed by atoms with Crippen molar-refractivity contribution in [2.75, 3.05) is 4.90 Å². The summed E-state index contributed by atoms with van der Waals surface area (Å²) in [5, 5.41) is 0. The van der Waals surface area contributed by atoms with Crippen LogP contribution >= 0.6 is 0 Å². The van der Waals surface area contributed by atoms with Crippen molar-refractivity contribution in [3.8, 4) is 11.1 Å². The minimum atomic E-state index is 0.186. The number of hydrogen-bond donors (Lipinski definition) is 0. The van der Waals surface area contributed by atoms with Crippen LogP contribution in [0.5, 0.6) is 0 Å². The zero-order chi connectivity index (χ0) is 15.6. The van der Waals surface area contributed by atoms with Gasteiger partial charge in [-0.1, -0.05) is 57.2 Å². The number of allylic oxidation sites excluding steroid dienone is 2. The fourth-order valence-corrected chi connectivity index (χ4v) is 2.53. The van der Waals surface area contributed by atoms with E-state index in [2.05, 4.69) is 91.6 Å². The van der Waals surface area contributed by atoms with Crippen LogP contribution in [0, 0.1) is 0 Å². The molecule has 0 aliphatic carbocycles. The summed E-state index contributed by atoms with van der Waals surface area (Å²) in [6.07, 6.45) is 11.3. The van der Waals surface area contributed by atoms with Gasteiger partial charge in [-0.2, -0.15) is 0 Å². The average Bonchev–Trinajstić information content (AvgIpc) is 2.55. The van der Waals surface area contributed by atoms with Crippen LogP contribution in [0.1, 0.15) is 32.8 Å². The molecule has 0 fully saturated rings. The molecule has 2 aromatic rings. The molecule has 0 saturated carbocycles. The first-order valence-electron chi connectivity index (χ1n) is 7.73. The van der Waals surface area contributed by atoms with Gasteiger partial charge < -0.3 is 4.90 Å². The predicted octanol–water partition coefficient (Wildman–Crippen LogP) is 5.28. The summed E-state index contributed by atoms with van der Waals surface area (Å²) >= 11 is 0. The van der Waals surface area contributed by atoms with Gasteiger partial charge in [0.1, 0.15) is 5.82 Å². The van der Waals surface area contributed by atoms with Crippen LogP contribution in [0.2, 0.25) is 0 Å². The second kappa shape index (κ2) is 5.80. The van der Waals surface area contributed by atoms with Gasteiger partial charge >= 0.3 is 0 Å².